The minimum Gasteiger partial charge on any atom is -0.342 e. The average Bonchev–Trinajstić information content (AvgIpc) is 2.32. The first-order valence-corrected chi connectivity index (χ1v) is 5.82. The molecule has 1 amide bonds. The molecule has 1 aromatic rings. The first kappa shape index (κ1) is 14.6. The number of benzene rings is 1. The van der Waals surface area contributed by atoms with Crippen molar-refractivity contribution in [3.63, 3.8) is 0 Å². The van der Waals surface area contributed by atoms with E-state index in [0.29, 0.717) is 12.1 Å². The van der Waals surface area contributed by atoms with E-state index in [9.17, 15) is 13.6 Å². The third-order valence-corrected chi connectivity index (χ3v) is 2.76. The van der Waals surface area contributed by atoms with Crippen molar-refractivity contribution >= 4 is 5.91 Å². The third kappa shape index (κ3) is 4.07. The van der Waals surface area contributed by atoms with Crippen molar-refractivity contribution in [1.29, 1.82) is 0 Å². The van der Waals surface area contributed by atoms with E-state index in [2.05, 4.69) is 5.32 Å². The highest BCUT2D eigenvalue weighted by molar-refractivity contribution is 5.78. The van der Waals surface area contributed by atoms with Gasteiger partial charge in [0.15, 0.2) is 11.6 Å². The molecular formula is C13H18F2N2O. The van der Waals surface area contributed by atoms with Crippen LogP contribution in [0.15, 0.2) is 18.2 Å². The van der Waals surface area contributed by atoms with Gasteiger partial charge in [-0.3, -0.25) is 4.79 Å². The van der Waals surface area contributed by atoms with Gasteiger partial charge in [0.05, 0.1) is 6.54 Å². The van der Waals surface area contributed by atoms with E-state index >= 15 is 0 Å². The molecule has 1 aromatic carbocycles. The number of carbonyl (C=O) groups is 1. The van der Waals surface area contributed by atoms with Crippen LogP contribution in [0.5, 0.6) is 0 Å². The van der Waals surface area contributed by atoms with Gasteiger partial charge in [-0.15, -0.1) is 0 Å². The second-order valence-corrected chi connectivity index (χ2v) is 4.45. The van der Waals surface area contributed by atoms with Gasteiger partial charge in [-0.25, -0.2) is 8.78 Å². The van der Waals surface area contributed by atoms with Gasteiger partial charge in [0.25, 0.3) is 0 Å². The highest BCUT2D eigenvalue weighted by Gasteiger charge is 2.11. The van der Waals surface area contributed by atoms with Crippen LogP contribution in [0.1, 0.15) is 19.4 Å². The molecule has 0 saturated carbocycles. The van der Waals surface area contributed by atoms with E-state index in [1.54, 1.807) is 11.9 Å². The van der Waals surface area contributed by atoms with Crippen LogP contribution in [-0.2, 0) is 11.3 Å². The number of halogens is 2. The Bertz CT molecular complexity index is 421. The fraction of sp³-hybridized carbons (Fsp3) is 0.462. The number of rotatable bonds is 5. The predicted octanol–water partition coefficient (Wildman–Crippen LogP) is 1.92. The molecule has 0 unspecified atom stereocenters. The predicted molar refractivity (Wildman–Crippen MR) is 66.0 cm³/mol. The Labute approximate surface area is 106 Å². The van der Waals surface area contributed by atoms with Crippen molar-refractivity contribution < 1.29 is 13.6 Å². The molecule has 0 aliphatic heterocycles. The van der Waals surface area contributed by atoms with E-state index in [4.69, 9.17) is 0 Å². The molecule has 0 aromatic heterocycles. The van der Waals surface area contributed by atoms with Crippen LogP contribution in [0, 0.1) is 11.6 Å². The van der Waals surface area contributed by atoms with Crippen molar-refractivity contribution in [2.45, 2.75) is 26.4 Å². The molecule has 0 heterocycles. The monoisotopic (exact) mass is 256 g/mol. The molecule has 3 nitrogen and oxygen atoms in total. The standard InChI is InChI=1S/C13H18F2N2O/c1-9(2)17(3)13(18)8-16-7-10-4-5-11(14)12(15)6-10/h4-6,9,16H,7-8H2,1-3H3. The highest BCUT2D eigenvalue weighted by Crippen LogP contribution is 2.08. The Morgan fingerprint density at radius 2 is 2.00 bits per heavy atom. The number of hydrogen-bond acceptors (Lipinski definition) is 2. The Hall–Kier alpha value is -1.49. The van der Waals surface area contributed by atoms with Gasteiger partial charge < -0.3 is 10.2 Å². The van der Waals surface area contributed by atoms with Gasteiger partial charge in [-0.05, 0) is 31.5 Å². The molecule has 0 aliphatic rings. The second-order valence-electron chi connectivity index (χ2n) is 4.45. The summed E-state index contributed by atoms with van der Waals surface area (Å²) in [6.07, 6.45) is 0. The first-order chi connectivity index (χ1) is 8.41. The van der Waals surface area contributed by atoms with Crippen molar-refractivity contribution in [1.82, 2.24) is 10.2 Å². The molecule has 0 saturated heterocycles. The zero-order valence-corrected chi connectivity index (χ0v) is 10.8. The fourth-order valence-corrected chi connectivity index (χ4v) is 1.38. The molecule has 18 heavy (non-hydrogen) atoms. The Morgan fingerprint density at radius 3 is 2.56 bits per heavy atom. The maximum absolute atomic E-state index is 12.9. The molecule has 0 bridgehead atoms. The van der Waals surface area contributed by atoms with Gasteiger partial charge >= 0.3 is 0 Å². The number of amides is 1. The molecule has 0 fully saturated rings. The summed E-state index contributed by atoms with van der Waals surface area (Å²) in [5.41, 5.74) is 0.605. The minimum absolute atomic E-state index is 0.0346. The summed E-state index contributed by atoms with van der Waals surface area (Å²) in [5, 5.41) is 2.90. The molecule has 5 heteroatoms. The third-order valence-electron chi connectivity index (χ3n) is 2.76. The summed E-state index contributed by atoms with van der Waals surface area (Å²) in [6.45, 7) is 4.35. The zero-order chi connectivity index (χ0) is 13.7. The van der Waals surface area contributed by atoms with E-state index in [-0.39, 0.29) is 18.5 Å². The van der Waals surface area contributed by atoms with Crippen molar-refractivity contribution in [2.24, 2.45) is 0 Å². The number of nitrogens with zero attached hydrogens (tertiary/aromatic N) is 1. The smallest absolute Gasteiger partial charge is 0.236 e. The average molecular weight is 256 g/mol. The summed E-state index contributed by atoms with van der Waals surface area (Å²) >= 11 is 0. The normalized spacial score (nSPS) is 10.8. The summed E-state index contributed by atoms with van der Waals surface area (Å²) in [5.74, 6) is -1.78. The Balaban J connectivity index is 2.42. The second kappa shape index (κ2) is 6.44. The molecule has 0 atom stereocenters. The van der Waals surface area contributed by atoms with E-state index in [0.717, 1.165) is 12.1 Å². The number of carbonyl (C=O) groups excluding carboxylic acids is 1. The highest BCUT2D eigenvalue weighted by atomic mass is 19.2. The molecule has 0 spiro atoms. The number of likely N-dealkylation sites (N-methyl/N-ethyl adjacent to an activating group) is 1. The lowest BCUT2D eigenvalue weighted by Gasteiger charge is -2.21. The topological polar surface area (TPSA) is 32.3 Å². The minimum atomic E-state index is -0.875. The first-order valence-electron chi connectivity index (χ1n) is 5.82. The molecule has 0 aliphatic carbocycles. The van der Waals surface area contributed by atoms with E-state index < -0.39 is 11.6 Å². The van der Waals surface area contributed by atoms with E-state index in [1.165, 1.54) is 6.07 Å². The maximum atomic E-state index is 12.9. The summed E-state index contributed by atoms with van der Waals surface area (Å²) < 4.78 is 25.6. The van der Waals surface area contributed by atoms with Gasteiger partial charge in [0.1, 0.15) is 0 Å². The largest absolute Gasteiger partial charge is 0.342 e. The van der Waals surface area contributed by atoms with Gasteiger partial charge in [-0.2, -0.15) is 0 Å². The number of hydrogen-bond donors (Lipinski definition) is 1. The Morgan fingerprint density at radius 1 is 1.33 bits per heavy atom. The lowest BCUT2D eigenvalue weighted by Crippen LogP contribution is -2.39. The molecule has 0 radical (unpaired) electrons. The van der Waals surface area contributed by atoms with Crippen LogP contribution in [-0.4, -0.2) is 30.4 Å². The van der Waals surface area contributed by atoms with Crippen molar-refractivity contribution in [3.8, 4) is 0 Å². The van der Waals surface area contributed by atoms with Gasteiger partial charge in [0.2, 0.25) is 5.91 Å². The van der Waals surface area contributed by atoms with Crippen LogP contribution in [0.2, 0.25) is 0 Å². The lowest BCUT2D eigenvalue weighted by atomic mass is 10.2. The Kier molecular flexibility index (Phi) is 5.22. The van der Waals surface area contributed by atoms with Gasteiger partial charge in [0, 0.05) is 19.6 Å². The SMILES string of the molecule is CC(C)N(C)C(=O)CNCc1ccc(F)c(F)c1. The molecule has 100 valence electrons. The van der Waals surface area contributed by atoms with Crippen molar-refractivity contribution in [2.75, 3.05) is 13.6 Å². The molecule has 1 rings (SSSR count). The maximum Gasteiger partial charge on any atom is 0.236 e. The van der Waals surface area contributed by atoms with Crippen molar-refractivity contribution in [3.05, 3.63) is 35.4 Å². The van der Waals surface area contributed by atoms with Crippen LogP contribution >= 0.6 is 0 Å². The van der Waals surface area contributed by atoms with Crippen LogP contribution in [0.25, 0.3) is 0 Å². The summed E-state index contributed by atoms with van der Waals surface area (Å²) in [4.78, 5) is 13.2. The quantitative estimate of drug-likeness (QED) is 0.873. The zero-order valence-electron chi connectivity index (χ0n) is 10.8. The van der Waals surface area contributed by atoms with Crippen LogP contribution in [0.3, 0.4) is 0 Å². The molecule has 1 N–H and O–H groups in total. The van der Waals surface area contributed by atoms with E-state index in [1.807, 2.05) is 13.8 Å². The summed E-state index contributed by atoms with van der Waals surface area (Å²) in [6, 6.07) is 3.83. The fourth-order valence-electron chi connectivity index (χ4n) is 1.38. The lowest BCUT2D eigenvalue weighted by molar-refractivity contribution is -0.130. The summed E-state index contributed by atoms with van der Waals surface area (Å²) in [7, 11) is 1.73. The van der Waals surface area contributed by atoms with Gasteiger partial charge in [-0.1, -0.05) is 6.07 Å². The molecular weight excluding hydrogens is 238 g/mol. The van der Waals surface area contributed by atoms with Crippen LogP contribution < -0.4 is 5.32 Å². The number of nitrogens with one attached hydrogen (secondary N) is 1. The van der Waals surface area contributed by atoms with Crippen LogP contribution in [0.4, 0.5) is 8.78 Å².